The molecular formula is C34H31Br2N3O4. The molecule has 7 nitrogen and oxygen atoms in total. The van der Waals surface area contributed by atoms with Gasteiger partial charge >= 0.3 is 0 Å². The standard InChI is InChI=1S/C34H31Br2N3O4/c1-20(2)25-17-26(21(3)15-28(25)41-4)33-38-27-14-10-9-13-24(27)34(40)39(33)37-18-23-16-29(42-5)32(31(36)30(23)35)43-19-22-11-7-6-8-12-22/h6-18,20H,19H2,1-5H3. The molecule has 9 heteroatoms. The molecule has 1 heterocycles. The average molecular weight is 705 g/mol. The summed E-state index contributed by atoms with van der Waals surface area (Å²) in [6, 6.07) is 23.0. The Hall–Kier alpha value is -3.95. The van der Waals surface area contributed by atoms with Crippen molar-refractivity contribution >= 4 is 49.0 Å². The summed E-state index contributed by atoms with van der Waals surface area (Å²) in [5.74, 6) is 2.50. The summed E-state index contributed by atoms with van der Waals surface area (Å²) in [7, 11) is 3.25. The second kappa shape index (κ2) is 13.1. The van der Waals surface area contributed by atoms with E-state index in [9.17, 15) is 4.79 Å². The molecule has 0 aliphatic rings. The van der Waals surface area contributed by atoms with Crippen molar-refractivity contribution < 1.29 is 14.2 Å². The number of rotatable bonds is 9. The van der Waals surface area contributed by atoms with Gasteiger partial charge in [0.2, 0.25) is 0 Å². The Morgan fingerprint density at radius 1 is 0.930 bits per heavy atom. The van der Waals surface area contributed by atoms with Gasteiger partial charge in [-0.25, -0.2) is 4.98 Å². The van der Waals surface area contributed by atoms with E-state index >= 15 is 0 Å². The van der Waals surface area contributed by atoms with Gasteiger partial charge in [-0.2, -0.15) is 9.78 Å². The van der Waals surface area contributed by atoms with Crippen LogP contribution in [0.25, 0.3) is 22.3 Å². The number of hydrogen-bond donors (Lipinski definition) is 0. The molecule has 0 saturated heterocycles. The predicted molar refractivity (Wildman–Crippen MR) is 179 cm³/mol. The van der Waals surface area contributed by atoms with Crippen LogP contribution in [0.3, 0.4) is 0 Å². The summed E-state index contributed by atoms with van der Waals surface area (Å²) in [5, 5.41) is 5.17. The van der Waals surface area contributed by atoms with Gasteiger partial charge in [0.15, 0.2) is 17.3 Å². The molecule has 0 amide bonds. The summed E-state index contributed by atoms with van der Waals surface area (Å²) in [4.78, 5) is 18.8. The van der Waals surface area contributed by atoms with Crippen molar-refractivity contribution in [2.75, 3.05) is 14.2 Å². The van der Waals surface area contributed by atoms with E-state index in [0.717, 1.165) is 28.0 Å². The maximum Gasteiger partial charge on any atom is 0.282 e. The number of aromatic nitrogens is 2. The van der Waals surface area contributed by atoms with Crippen molar-refractivity contribution in [2.24, 2.45) is 5.10 Å². The number of aryl methyl sites for hydroxylation is 1. The molecule has 0 radical (unpaired) electrons. The molecule has 5 aromatic rings. The van der Waals surface area contributed by atoms with Crippen LogP contribution in [0.1, 0.15) is 42.0 Å². The Bertz CT molecular complexity index is 1890. The molecule has 0 spiro atoms. The number of methoxy groups -OCH3 is 2. The van der Waals surface area contributed by atoms with Crippen LogP contribution in [-0.4, -0.2) is 30.1 Å². The maximum atomic E-state index is 13.9. The molecule has 220 valence electrons. The minimum Gasteiger partial charge on any atom is -0.496 e. The zero-order chi connectivity index (χ0) is 30.7. The lowest BCUT2D eigenvalue weighted by Crippen LogP contribution is -2.21. The number of hydrogen-bond acceptors (Lipinski definition) is 6. The highest BCUT2D eigenvalue weighted by Crippen LogP contribution is 2.43. The topological polar surface area (TPSA) is 74.9 Å². The lowest BCUT2D eigenvalue weighted by Gasteiger charge is -2.17. The summed E-state index contributed by atoms with van der Waals surface area (Å²) in [6.45, 7) is 6.55. The van der Waals surface area contributed by atoms with Gasteiger partial charge in [-0.05, 0) is 91.7 Å². The van der Waals surface area contributed by atoms with Gasteiger partial charge in [-0.3, -0.25) is 4.79 Å². The molecule has 43 heavy (non-hydrogen) atoms. The van der Waals surface area contributed by atoms with Gasteiger partial charge in [0.05, 0.1) is 35.8 Å². The largest absolute Gasteiger partial charge is 0.496 e. The summed E-state index contributed by atoms with van der Waals surface area (Å²) in [5.41, 5.74) is 4.76. The summed E-state index contributed by atoms with van der Waals surface area (Å²) in [6.07, 6.45) is 1.61. The number of halogens is 2. The quantitative estimate of drug-likeness (QED) is 0.144. The van der Waals surface area contributed by atoms with E-state index in [0.29, 0.717) is 49.3 Å². The fourth-order valence-electron chi connectivity index (χ4n) is 4.81. The summed E-state index contributed by atoms with van der Waals surface area (Å²) < 4.78 is 20.2. The highest BCUT2D eigenvalue weighted by atomic mass is 79.9. The molecule has 0 fully saturated rings. The molecule has 0 saturated carbocycles. The predicted octanol–water partition coefficient (Wildman–Crippen LogP) is 8.50. The molecular weight excluding hydrogens is 674 g/mol. The van der Waals surface area contributed by atoms with E-state index in [4.69, 9.17) is 24.3 Å². The van der Waals surface area contributed by atoms with Crippen LogP contribution in [0.15, 0.2) is 91.6 Å². The summed E-state index contributed by atoms with van der Waals surface area (Å²) >= 11 is 7.34. The van der Waals surface area contributed by atoms with E-state index in [1.807, 2.05) is 73.7 Å². The van der Waals surface area contributed by atoms with Crippen LogP contribution < -0.4 is 19.8 Å². The smallest absolute Gasteiger partial charge is 0.282 e. The van der Waals surface area contributed by atoms with Gasteiger partial charge in [0.25, 0.3) is 5.56 Å². The fraction of sp³-hybridized carbons (Fsp3) is 0.206. The Morgan fingerprint density at radius 2 is 1.63 bits per heavy atom. The van der Waals surface area contributed by atoms with Crippen LogP contribution in [0.2, 0.25) is 0 Å². The Labute approximate surface area is 267 Å². The van der Waals surface area contributed by atoms with E-state index in [-0.39, 0.29) is 11.5 Å². The molecule has 4 aromatic carbocycles. The zero-order valence-corrected chi connectivity index (χ0v) is 27.7. The second-order valence-electron chi connectivity index (χ2n) is 10.3. The second-order valence-corrected chi connectivity index (χ2v) is 11.9. The van der Waals surface area contributed by atoms with Gasteiger partial charge in [-0.15, -0.1) is 0 Å². The van der Waals surface area contributed by atoms with Crippen LogP contribution >= 0.6 is 31.9 Å². The van der Waals surface area contributed by atoms with Crippen molar-refractivity contribution in [3.05, 3.63) is 114 Å². The van der Waals surface area contributed by atoms with Gasteiger partial charge < -0.3 is 14.2 Å². The normalized spacial score (nSPS) is 11.4. The first-order valence-corrected chi connectivity index (χ1v) is 15.3. The minimum atomic E-state index is -0.275. The Kier molecular flexibility index (Phi) is 9.32. The van der Waals surface area contributed by atoms with Crippen molar-refractivity contribution in [3.8, 4) is 28.6 Å². The lowest BCUT2D eigenvalue weighted by atomic mass is 9.96. The molecule has 0 N–H and O–H groups in total. The minimum absolute atomic E-state index is 0.196. The van der Waals surface area contributed by atoms with Crippen LogP contribution in [0.4, 0.5) is 0 Å². The fourth-order valence-corrected chi connectivity index (χ4v) is 5.74. The van der Waals surface area contributed by atoms with E-state index in [1.54, 1.807) is 26.5 Å². The maximum absolute atomic E-state index is 13.9. The monoisotopic (exact) mass is 703 g/mol. The number of nitrogens with zero attached hydrogens (tertiary/aromatic N) is 3. The molecule has 5 rings (SSSR count). The molecule has 1 aromatic heterocycles. The number of para-hydroxylation sites is 1. The SMILES string of the molecule is COc1cc(C)c(-c2nc3ccccc3c(=O)n2N=Cc2cc(OC)c(OCc3ccccc3)c(Br)c2Br)cc1C(C)C. The molecule has 0 atom stereocenters. The third-order valence-corrected chi connectivity index (χ3v) is 9.25. The Balaban J connectivity index is 1.63. The molecule has 0 aliphatic heterocycles. The van der Waals surface area contributed by atoms with Crippen molar-refractivity contribution in [1.82, 2.24) is 9.66 Å². The van der Waals surface area contributed by atoms with E-state index in [2.05, 4.69) is 45.7 Å². The lowest BCUT2D eigenvalue weighted by molar-refractivity contribution is 0.282. The van der Waals surface area contributed by atoms with Gasteiger partial charge in [0.1, 0.15) is 12.4 Å². The first kappa shape index (κ1) is 30.5. The highest BCUT2D eigenvalue weighted by molar-refractivity contribution is 9.13. The first-order valence-electron chi connectivity index (χ1n) is 13.7. The Morgan fingerprint density at radius 3 is 2.33 bits per heavy atom. The van der Waals surface area contributed by atoms with Crippen LogP contribution in [0.5, 0.6) is 17.2 Å². The average Bonchev–Trinajstić information content (AvgIpc) is 3.02. The first-order chi connectivity index (χ1) is 20.7. The van der Waals surface area contributed by atoms with E-state index < -0.39 is 0 Å². The number of benzene rings is 4. The molecule has 0 unspecified atom stereocenters. The van der Waals surface area contributed by atoms with E-state index in [1.165, 1.54) is 4.68 Å². The molecule has 0 aliphatic carbocycles. The van der Waals surface area contributed by atoms with Gasteiger partial charge in [-0.1, -0.05) is 56.3 Å². The van der Waals surface area contributed by atoms with Crippen molar-refractivity contribution in [3.63, 3.8) is 0 Å². The van der Waals surface area contributed by atoms with Crippen molar-refractivity contribution in [1.29, 1.82) is 0 Å². The van der Waals surface area contributed by atoms with Gasteiger partial charge in [0, 0.05) is 15.6 Å². The third kappa shape index (κ3) is 6.24. The highest BCUT2D eigenvalue weighted by Gasteiger charge is 2.20. The number of ether oxygens (including phenoxy) is 3. The number of fused-ring (bicyclic) bond motifs is 1. The van der Waals surface area contributed by atoms with Crippen LogP contribution in [-0.2, 0) is 6.61 Å². The molecule has 0 bridgehead atoms. The van der Waals surface area contributed by atoms with Crippen LogP contribution in [0, 0.1) is 6.92 Å². The van der Waals surface area contributed by atoms with Crippen molar-refractivity contribution in [2.45, 2.75) is 33.3 Å². The zero-order valence-electron chi connectivity index (χ0n) is 24.5. The third-order valence-electron chi connectivity index (χ3n) is 7.11.